The molecule has 14 heavy (non-hydrogen) atoms. The van der Waals surface area contributed by atoms with Gasteiger partial charge in [0.1, 0.15) is 0 Å². The molecule has 0 aliphatic heterocycles. The van der Waals surface area contributed by atoms with E-state index in [4.69, 9.17) is 5.73 Å². The summed E-state index contributed by atoms with van der Waals surface area (Å²) in [6.45, 7) is 6.50. The van der Waals surface area contributed by atoms with Crippen molar-refractivity contribution in [1.29, 1.82) is 0 Å². The fourth-order valence-electron chi connectivity index (χ4n) is 1.70. The van der Waals surface area contributed by atoms with Crippen LogP contribution in [0.1, 0.15) is 31.4 Å². The summed E-state index contributed by atoms with van der Waals surface area (Å²) in [7, 11) is 0. The molecule has 0 radical (unpaired) electrons. The van der Waals surface area contributed by atoms with E-state index < -0.39 is 0 Å². The summed E-state index contributed by atoms with van der Waals surface area (Å²) in [5, 5.41) is 0. The molecule has 78 valence electrons. The molecule has 0 aliphatic rings. The van der Waals surface area contributed by atoms with E-state index in [1.165, 1.54) is 11.1 Å². The molecule has 1 atom stereocenters. The topological polar surface area (TPSA) is 38.9 Å². The molecule has 0 bridgehead atoms. The van der Waals surface area contributed by atoms with Crippen LogP contribution in [-0.4, -0.2) is 11.0 Å². The van der Waals surface area contributed by atoms with Gasteiger partial charge < -0.3 is 5.73 Å². The molecule has 1 aromatic rings. The lowest BCUT2D eigenvalue weighted by Crippen LogP contribution is -2.25. The van der Waals surface area contributed by atoms with E-state index in [1.54, 1.807) is 0 Å². The number of rotatable bonds is 4. The summed E-state index contributed by atoms with van der Waals surface area (Å²) in [5.74, 6) is 0.673. The second-order valence-corrected chi connectivity index (χ2v) is 4.40. The summed E-state index contributed by atoms with van der Waals surface area (Å²) in [4.78, 5) is 4.07. The lowest BCUT2D eigenvalue weighted by Gasteiger charge is -2.14. The first-order valence-electron chi connectivity index (χ1n) is 5.24. The molecule has 0 saturated carbocycles. The monoisotopic (exact) mass is 192 g/mol. The van der Waals surface area contributed by atoms with Gasteiger partial charge in [0.25, 0.3) is 0 Å². The largest absolute Gasteiger partial charge is 0.327 e. The Kier molecular flexibility index (Phi) is 4.08. The highest BCUT2D eigenvalue weighted by molar-refractivity contribution is 5.22. The number of nitrogens with two attached hydrogens (primary N) is 1. The summed E-state index contributed by atoms with van der Waals surface area (Å²) in [5.41, 5.74) is 8.62. The maximum atomic E-state index is 6.06. The van der Waals surface area contributed by atoms with Crippen LogP contribution in [0.5, 0.6) is 0 Å². The Morgan fingerprint density at radius 3 is 2.71 bits per heavy atom. The minimum absolute atomic E-state index is 0.274. The van der Waals surface area contributed by atoms with Gasteiger partial charge in [0.2, 0.25) is 0 Å². The maximum Gasteiger partial charge on any atom is 0.0299 e. The van der Waals surface area contributed by atoms with Gasteiger partial charge in [-0.1, -0.05) is 13.8 Å². The molecule has 0 fully saturated rings. The first-order valence-corrected chi connectivity index (χ1v) is 5.24. The number of nitrogens with zero attached hydrogens (tertiary/aromatic N) is 1. The molecular weight excluding hydrogens is 172 g/mol. The van der Waals surface area contributed by atoms with Gasteiger partial charge in [0.15, 0.2) is 0 Å². The van der Waals surface area contributed by atoms with Gasteiger partial charge in [0, 0.05) is 18.4 Å². The van der Waals surface area contributed by atoms with Crippen LogP contribution in [-0.2, 0) is 6.42 Å². The molecule has 0 spiro atoms. The standard InChI is InChI=1S/C12H20N2/c1-9(2)6-12(13)7-11-4-5-14-8-10(11)3/h4-5,8-9,12H,6-7,13H2,1-3H3. The second kappa shape index (κ2) is 5.11. The molecule has 1 rings (SSSR count). The van der Waals surface area contributed by atoms with Gasteiger partial charge in [-0.3, -0.25) is 4.98 Å². The molecular formula is C12H20N2. The Hall–Kier alpha value is -0.890. The highest BCUT2D eigenvalue weighted by atomic mass is 14.6. The van der Waals surface area contributed by atoms with Crippen LogP contribution < -0.4 is 5.73 Å². The van der Waals surface area contributed by atoms with Crippen LogP contribution in [0.3, 0.4) is 0 Å². The maximum absolute atomic E-state index is 6.06. The second-order valence-electron chi connectivity index (χ2n) is 4.40. The average molecular weight is 192 g/mol. The van der Waals surface area contributed by atoms with Crippen molar-refractivity contribution in [2.75, 3.05) is 0 Å². The van der Waals surface area contributed by atoms with Crippen molar-refractivity contribution < 1.29 is 0 Å². The zero-order valence-corrected chi connectivity index (χ0v) is 9.33. The summed E-state index contributed by atoms with van der Waals surface area (Å²) in [6, 6.07) is 2.34. The van der Waals surface area contributed by atoms with E-state index in [0.29, 0.717) is 5.92 Å². The van der Waals surface area contributed by atoms with E-state index in [9.17, 15) is 0 Å². The third kappa shape index (κ3) is 3.46. The number of pyridine rings is 1. The third-order valence-corrected chi connectivity index (χ3v) is 2.39. The highest BCUT2D eigenvalue weighted by Crippen LogP contribution is 2.11. The van der Waals surface area contributed by atoms with Crippen LogP contribution >= 0.6 is 0 Å². The fraction of sp³-hybridized carbons (Fsp3) is 0.583. The Morgan fingerprint density at radius 1 is 1.43 bits per heavy atom. The molecule has 0 aliphatic carbocycles. The van der Waals surface area contributed by atoms with E-state index in [1.807, 2.05) is 12.4 Å². The zero-order chi connectivity index (χ0) is 10.6. The molecule has 2 nitrogen and oxygen atoms in total. The summed E-state index contributed by atoms with van der Waals surface area (Å²) < 4.78 is 0. The SMILES string of the molecule is Cc1cnccc1CC(N)CC(C)C. The first kappa shape index (κ1) is 11.2. The van der Waals surface area contributed by atoms with E-state index in [0.717, 1.165) is 12.8 Å². The number of aryl methyl sites for hydroxylation is 1. The fourth-order valence-corrected chi connectivity index (χ4v) is 1.70. The Morgan fingerprint density at radius 2 is 2.14 bits per heavy atom. The first-order chi connectivity index (χ1) is 6.59. The Balaban J connectivity index is 2.56. The van der Waals surface area contributed by atoms with Crippen molar-refractivity contribution >= 4 is 0 Å². The quantitative estimate of drug-likeness (QED) is 0.795. The Bertz CT molecular complexity index is 281. The van der Waals surface area contributed by atoms with Crippen LogP contribution in [0, 0.1) is 12.8 Å². The minimum atomic E-state index is 0.274. The molecule has 2 N–H and O–H groups in total. The normalized spacial score (nSPS) is 13.2. The van der Waals surface area contributed by atoms with Crippen molar-refractivity contribution in [3.8, 4) is 0 Å². The van der Waals surface area contributed by atoms with E-state index >= 15 is 0 Å². The van der Waals surface area contributed by atoms with Crippen LogP contribution in [0.4, 0.5) is 0 Å². The van der Waals surface area contributed by atoms with Crippen molar-refractivity contribution in [3.05, 3.63) is 29.6 Å². The van der Waals surface area contributed by atoms with Crippen molar-refractivity contribution in [2.24, 2.45) is 11.7 Å². The molecule has 1 unspecified atom stereocenters. The van der Waals surface area contributed by atoms with Crippen molar-refractivity contribution in [3.63, 3.8) is 0 Å². The molecule has 0 aromatic carbocycles. The number of aromatic nitrogens is 1. The van der Waals surface area contributed by atoms with Gasteiger partial charge in [-0.15, -0.1) is 0 Å². The zero-order valence-electron chi connectivity index (χ0n) is 9.33. The Labute approximate surface area is 86.5 Å². The lowest BCUT2D eigenvalue weighted by atomic mass is 9.97. The molecule has 0 amide bonds. The predicted octanol–water partition coefficient (Wildman–Crippen LogP) is 2.31. The van der Waals surface area contributed by atoms with E-state index in [2.05, 4.69) is 31.8 Å². The van der Waals surface area contributed by atoms with Crippen LogP contribution in [0.25, 0.3) is 0 Å². The third-order valence-electron chi connectivity index (χ3n) is 2.39. The van der Waals surface area contributed by atoms with Crippen LogP contribution in [0.2, 0.25) is 0 Å². The average Bonchev–Trinajstić information content (AvgIpc) is 2.07. The van der Waals surface area contributed by atoms with Crippen molar-refractivity contribution in [1.82, 2.24) is 4.98 Å². The van der Waals surface area contributed by atoms with Gasteiger partial charge >= 0.3 is 0 Å². The summed E-state index contributed by atoms with van der Waals surface area (Å²) in [6.07, 6.45) is 5.79. The molecule has 2 heteroatoms. The number of hydrogen-bond acceptors (Lipinski definition) is 2. The van der Waals surface area contributed by atoms with Gasteiger partial charge in [-0.2, -0.15) is 0 Å². The summed E-state index contributed by atoms with van der Waals surface area (Å²) >= 11 is 0. The highest BCUT2D eigenvalue weighted by Gasteiger charge is 2.07. The van der Waals surface area contributed by atoms with Gasteiger partial charge in [-0.05, 0) is 42.9 Å². The van der Waals surface area contributed by atoms with Gasteiger partial charge in [0.05, 0.1) is 0 Å². The lowest BCUT2D eigenvalue weighted by molar-refractivity contribution is 0.493. The van der Waals surface area contributed by atoms with Crippen LogP contribution in [0.15, 0.2) is 18.5 Å². The molecule has 1 heterocycles. The predicted molar refractivity (Wildman–Crippen MR) is 60.1 cm³/mol. The van der Waals surface area contributed by atoms with Crippen molar-refractivity contribution in [2.45, 2.75) is 39.7 Å². The molecule has 0 saturated heterocycles. The molecule has 1 aromatic heterocycles. The minimum Gasteiger partial charge on any atom is -0.327 e. The van der Waals surface area contributed by atoms with Gasteiger partial charge in [-0.25, -0.2) is 0 Å². The van der Waals surface area contributed by atoms with E-state index in [-0.39, 0.29) is 6.04 Å². The number of hydrogen-bond donors (Lipinski definition) is 1. The smallest absolute Gasteiger partial charge is 0.0299 e.